The standard InChI is InChI=1S/C34H35N3O3S3/c1-2-40-33(39)29-27-20-11-3-4-12-21-28(27)43-32(29)37-31(38)30(23-14-7-5-8-15-23)42-26-19-13-18-25(22-26)36-34(41)35-24-16-9-6-10-17-24/h5-10,13-19,22,30H,2-4,11-12,20-21H2,1H3,(H,37,38)(H2,35,36,41). The Hall–Kier alpha value is -3.66. The highest BCUT2D eigenvalue weighted by Crippen LogP contribution is 2.41. The summed E-state index contributed by atoms with van der Waals surface area (Å²) in [5.41, 5.74) is 4.15. The molecule has 6 nitrogen and oxygen atoms in total. The number of carbonyl (C=O) groups excluding carboxylic acids is 2. The number of hydrogen-bond acceptors (Lipinski definition) is 6. The summed E-state index contributed by atoms with van der Waals surface area (Å²) in [4.78, 5) is 29.3. The first kappa shape index (κ1) is 30.8. The summed E-state index contributed by atoms with van der Waals surface area (Å²) in [6.07, 6.45) is 6.18. The highest BCUT2D eigenvalue weighted by molar-refractivity contribution is 8.00. The molecule has 1 aromatic heterocycles. The fourth-order valence-electron chi connectivity index (χ4n) is 5.10. The molecule has 5 rings (SSSR count). The Kier molecular flexibility index (Phi) is 10.9. The Labute approximate surface area is 266 Å². The van der Waals surface area contributed by atoms with Crippen LogP contribution in [0.25, 0.3) is 0 Å². The van der Waals surface area contributed by atoms with Crippen LogP contribution in [-0.2, 0) is 22.4 Å². The Morgan fingerprint density at radius 1 is 0.860 bits per heavy atom. The molecule has 0 spiro atoms. The van der Waals surface area contributed by atoms with Crippen LogP contribution in [-0.4, -0.2) is 23.6 Å². The summed E-state index contributed by atoms with van der Waals surface area (Å²) in [7, 11) is 0. The maximum Gasteiger partial charge on any atom is 0.341 e. The van der Waals surface area contributed by atoms with E-state index in [-0.39, 0.29) is 18.5 Å². The van der Waals surface area contributed by atoms with Crippen molar-refractivity contribution in [1.29, 1.82) is 0 Å². The fraction of sp³-hybridized carbons (Fsp3) is 0.265. The van der Waals surface area contributed by atoms with Gasteiger partial charge in [-0.1, -0.05) is 67.4 Å². The predicted molar refractivity (Wildman–Crippen MR) is 183 cm³/mol. The summed E-state index contributed by atoms with van der Waals surface area (Å²) >= 11 is 8.49. The predicted octanol–water partition coefficient (Wildman–Crippen LogP) is 8.86. The minimum absolute atomic E-state index is 0.185. The van der Waals surface area contributed by atoms with Crippen molar-refractivity contribution in [3.05, 3.63) is 106 Å². The zero-order valence-corrected chi connectivity index (χ0v) is 26.5. The number of carbonyl (C=O) groups is 2. The lowest BCUT2D eigenvalue weighted by atomic mass is 9.96. The molecule has 0 aliphatic heterocycles. The van der Waals surface area contributed by atoms with Crippen molar-refractivity contribution >= 4 is 68.7 Å². The number of hydrogen-bond donors (Lipinski definition) is 3. The second-order valence-electron chi connectivity index (χ2n) is 10.2. The molecule has 4 aromatic rings. The average Bonchev–Trinajstić information content (AvgIpc) is 3.32. The monoisotopic (exact) mass is 629 g/mol. The van der Waals surface area contributed by atoms with Gasteiger partial charge >= 0.3 is 5.97 Å². The minimum atomic E-state index is -0.550. The van der Waals surface area contributed by atoms with E-state index >= 15 is 0 Å². The molecule has 1 amide bonds. The lowest BCUT2D eigenvalue weighted by Crippen LogP contribution is -2.20. The van der Waals surface area contributed by atoms with Crippen LogP contribution in [0.15, 0.2) is 89.8 Å². The number of rotatable bonds is 9. The SMILES string of the molecule is CCOC(=O)c1c(NC(=O)C(Sc2cccc(NC(=S)Nc3ccccc3)c2)c2ccccc2)sc2c1CCCCCC2. The van der Waals surface area contributed by atoms with E-state index in [4.69, 9.17) is 17.0 Å². The largest absolute Gasteiger partial charge is 0.462 e. The van der Waals surface area contributed by atoms with Crippen molar-refractivity contribution in [3.8, 4) is 0 Å². The summed E-state index contributed by atoms with van der Waals surface area (Å²) in [6, 6.07) is 27.3. The van der Waals surface area contributed by atoms with Crippen LogP contribution in [0.3, 0.4) is 0 Å². The van der Waals surface area contributed by atoms with Crippen LogP contribution in [0, 0.1) is 0 Å². The zero-order valence-electron chi connectivity index (χ0n) is 24.1. The highest BCUT2D eigenvalue weighted by Gasteiger charge is 2.29. The molecule has 1 aliphatic carbocycles. The number of thiophene rings is 1. The van der Waals surface area contributed by atoms with E-state index in [1.165, 1.54) is 34.4 Å². The van der Waals surface area contributed by atoms with Gasteiger partial charge in [0, 0.05) is 21.1 Å². The number of amides is 1. The van der Waals surface area contributed by atoms with Crippen LogP contribution >= 0.6 is 35.3 Å². The first-order valence-corrected chi connectivity index (χ1v) is 16.7. The van der Waals surface area contributed by atoms with Gasteiger partial charge in [-0.25, -0.2) is 4.79 Å². The highest BCUT2D eigenvalue weighted by atomic mass is 32.2. The molecule has 0 bridgehead atoms. The van der Waals surface area contributed by atoms with Crippen molar-refractivity contribution in [2.45, 2.75) is 55.6 Å². The van der Waals surface area contributed by atoms with Gasteiger partial charge in [0.1, 0.15) is 10.3 Å². The van der Waals surface area contributed by atoms with Gasteiger partial charge in [0.2, 0.25) is 5.91 Å². The molecular formula is C34H35N3O3S3. The normalized spacial score (nSPS) is 13.5. The van der Waals surface area contributed by atoms with Gasteiger partial charge in [0.05, 0.1) is 12.2 Å². The molecule has 9 heteroatoms. The second-order valence-corrected chi connectivity index (χ2v) is 12.9. The zero-order chi connectivity index (χ0) is 30.0. The number of nitrogens with one attached hydrogen (secondary N) is 3. The number of esters is 1. The number of anilines is 3. The number of fused-ring (bicyclic) bond motifs is 1. The van der Waals surface area contributed by atoms with Crippen molar-refractivity contribution in [2.75, 3.05) is 22.6 Å². The van der Waals surface area contributed by atoms with Crippen LogP contribution in [0.2, 0.25) is 0 Å². The van der Waals surface area contributed by atoms with Crippen LogP contribution in [0.1, 0.15) is 64.2 Å². The van der Waals surface area contributed by atoms with E-state index in [1.54, 1.807) is 0 Å². The first-order chi connectivity index (χ1) is 21.0. The molecule has 3 aromatic carbocycles. The molecule has 222 valence electrons. The van der Waals surface area contributed by atoms with Crippen LogP contribution in [0.4, 0.5) is 16.4 Å². The molecule has 43 heavy (non-hydrogen) atoms. The Balaban J connectivity index is 1.38. The number of para-hydroxylation sites is 1. The number of thioether (sulfide) groups is 1. The molecule has 1 atom stereocenters. The number of ether oxygens (including phenoxy) is 1. The van der Waals surface area contributed by atoms with Gasteiger partial charge in [-0.2, -0.15) is 0 Å². The second kappa shape index (κ2) is 15.2. The number of thiocarbonyl (C=S) groups is 1. The van der Waals surface area contributed by atoms with Crippen molar-refractivity contribution in [3.63, 3.8) is 0 Å². The van der Waals surface area contributed by atoms with E-state index in [0.717, 1.165) is 59.5 Å². The summed E-state index contributed by atoms with van der Waals surface area (Å²) in [6.45, 7) is 2.09. The van der Waals surface area contributed by atoms with Gasteiger partial charge < -0.3 is 20.7 Å². The smallest absolute Gasteiger partial charge is 0.341 e. The Bertz CT molecular complexity index is 1560. The van der Waals surface area contributed by atoms with E-state index in [9.17, 15) is 9.59 Å². The van der Waals surface area contributed by atoms with Crippen LogP contribution < -0.4 is 16.0 Å². The lowest BCUT2D eigenvalue weighted by Gasteiger charge is -2.18. The third-order valence-corrected chi connectivity index (χ3v) is 9.76. The fourth-order valence-corrected chi connectivity index (χ4v) is 7.70. The number of aryl methyl sites for hydroxylation is 1. The van der Waals surface area contributed by atoms with Crippen molar-refractivity contribution in [1.82, 2.24) is 0 Å². The quantitative estimate of drug-likeness (QED) is 0.0970. The molecule has 0 fully saturated rings. The third-order valence-electron chi connectivity index (χ3n) is 7.11. The van der Waals surface area contributed by atoms with Gasteiger partial charge in [0.15, 0.2) is 5.11 Å². The molecule has 0 saturated carbocycles. The van der Waals surface area contributed by atoms with E-state index in [0.29, 0.717) is 15.7 Å². The average molecular weight is 630 g/mol. The number of benzene rings is 3. The molecule has 1 heterocycles. The molecule has 1 aliphatic rings. The molecule has 0 saturated heterocycles. The molecule has 3 N–H and O–H groups in total. The Morgan fingerprint density at radius 3 is 2.28 bits per heavy atom. The molecule has 1 unspecified atom stereocenters. The third kappa shape index (κ3) is 8.25. The Morgan fingerprint density at radius 2 is 1.53 bits per heavy atom. The van der Waals surface area contributed by atoms with Crippen molar-refractivity contribution in [2.24, 2.45) is 0 Å². The van der Waals surface area contributed by atoms with Gasteiger partial charge in [0.25, 0.3) is 0 Å². The van der Waals surface area contributed by atoms with E-state index < -0.39 is 5.25 Å². The summed E-state index contributed by atoms with van der Waals surface area (Å²) in [5, 5.41) is 10.1. The molecule has 0 radical (unpaired) electrons. The molecular weight excluding hydrogens is 595 g/mol. The topological polar surface area (TPSA) is 79.5 Å². The minimum Gasteiger partial charge on any atom is -0.462 e. The summed E-state index contributed by atoms with van der Waals surface area (Å²) in [5.74, 6) is -0.547. The first-order valence-electron chi connectivity index (χ1n) is 14.6. The maximum absolute atomic E-state index is 14.0. The van der Waals surface area contributed by atoms with Gasteiger partial charge in [-0.05, 0) is 86.3 Å². The van der Waals surface area contributed by atoms with Crippen molar-refractivity contribution < 1.29 is 14.3 Å². The van der Waals surface area contributed by atoms with Gasteiger partial charge in [-0.3, -0.25) is 4.79 Å². The van der Waals surface area contributed by atoms with E-state index in [2.05, 4.69) is 16.0 Å². The van der Waals surface area contributed by atoms with Crippen LogP contribution in [0.5, 0.6) is 0 Å². The van der Waals surface area contributed by atoms with E-state index in [1.807, 2.05) is 91.9 Å². The summed E-state index contributed by atoms with van der Waals surface area (Å²) < 4.78 is 5.46. The maximum atomic E-state index is 14.0. The van der Waals surface area contributed by atoms with Gasteiger partial charge in [-0.15, -0.1) is 23.1 Å². The lowest BCUT2D eigenvalue weighted by molar-refractivity contribution is -0.115.